The molecule has 3 amide bonds. The summed E-state index contributed by atoms with van der Waals surface area (Å²) >= 11 is 0. The number of amides is 3. The number of urea groups is 1. The molecule has 2 aliphatic rings. The highest BCUT2D eigenvalue weighted by atomic mass is 16.2. The van der Waals surface area contributed by atoms with Gasteiger partial charge in [0.25, 0.3) is 0 Å². The van der Waals surface area contributed by atoms with Crippen molar-refractivity contribution in [1.82, 2.24) is 14.7 Å². The molecule has 0 atom stereocenters. The Balaban J connectivity index is 0.000000165. The monoisotopic (exact) mass is 227 g/mol. The van der Waals surface area contributed by atoms with Gasteiger partial charge in [-0.05, 0) is 12.8 Å². The minimum atomic E-state index is 0.140. The Kier molecular flexibility index (Phi) is 4.58. The van der Waals surface area contributed by atoms with Crippen molar-refractivity contribution in [3.8, 4) is 0 Å². The van der Waals surface area contributed by atoms with Gasteiger partial charge in [-0.15, -0.1) is 0 Å². The molecule has 0 aromatic heterocycles. The molecule has 0 radical (unpaired) electrons. The van der Waals surface area contributed by atoms with Crippen molar-refractivity contribution < 1.29 is 9.59 Å². The highest BCUT2D eigenvalue weighted by Gasteiger charge is 2.17. The molecule has 5 heteroatoms. The third kappa shape index (κ3) is 3.40. The molecule has 92 valence electrons. The predicted molar refractivity (Wildman–Crippen MR) is 62.1 cm³/mol. The van der Waals surface area contributed by atoms with Crippen molar-refractivity contribution in [3.05, 3.63) is 0 Å². The van der Waals surface area contributed by atoms with E-state index in [1.807, 2.05) is 21.1 Å². The van der Waals surface area contributed by atoms with Gasteiger partial charge in [0.15, 0.2) is 0 Å². The van der Waals surface area contributed by atoms with E-state index in [4.69, 9.17) is 0 Å². The first-order valence-corrected chi connectivity index (χ1v) is 5.72. The fraction of sp³-hybridized carbons (Fsp3) is 0.818. The van der Waals surface area contributed by atoms with Crippen molar-refractivity contribution >= 4 is 11.9 Å². The molecule has 0 spiro atoms. The van der Waals surface area contributed by atoms with E-state index in [9.17, 15) is 9.59 Å². The van der Waals surface area contributed by atoms with Crippen LogP contribution in [0, 0.1) is 0 Å². The standard InChI is InChI=1S/C6H12N2O.C5H9NO/c1-7-4-3-5-8(2)6(7)9;1-6-4-2-3-5(6)7/h3-5H2,1-2H3;2-4H2,1H3. The molecule has 2 saturated heterocycles. The molecule has 0 aromatic carbocycles. The van der Waals surface area contributed by atoms with Crippen LogP contribution in [0.25, 0.3) is 0 Å². The molecule has 0 aliphatic carbocycles. The maximum atomic E-state index is 11.0. The SMILES string of the molecule is CN1CCCC1=O.CN1CCCN(C)C1=O. The Morgan fingerprint density at radius 3 is 1.56 bits per heavy atom. The van der Waals surface area contributed by atoms with E-state index in [-0.39, 0.29) is 6.03 Å². The first-order chi connectivity index (χ1) is 7.52. The number of likely N-dealkylation sites (tertiary alicyclic amines) is 1. The summed E-state index contributed by atoms with van der Waals surface area (Å²) in [5.74, 6) is 0.292. The Morgan fingerprint density at radius 2 is 1.31 bits per heavy atom. The zero-order valence-electron chi connectivity index (χ0n) is 10.4. The maximum absolute atomic E-state index is 11.0. The molecule has 0 aromatic rings. The summed E-state index contributed by atoms with van der Waals surface area (Å²) < 4.78 is 0. The van der Waals surface area contributed by atoms with E-state index < -0.39 is 0 Å². The first kappa shape index (κ1) is 12.8. The lowest BCUT2D eigenvalue weighted by Gasteiger charge is -2.30. The average Bonchev–Trinajstić information content (AvgIpc) is 2.61. The molecule has 0 N–H and O–H groups in total. The molecule has 2 rings (SSSR count). The Bertz CT molecular complexity index is 256. The van der Waals surface area contributed by atoms with Gasteiger partial charge >= 0.3 is 6.03 Å². The van der Waals surface area contributed by atoms with Crippen molar-refractivity contribution in [2.45, 2.75) is 19.3 Å². The summed E-state index contributed by atoms with van der Waals surface area (Å²) in [7, 11) is 5.51. The van der Waals surface area contributed by atoms with Crippen LogP contribution in [0.3, 0.4) is 0 Å². The van der Waals surface area contributed by atoms with Crippen molar-refractivity contribution in [3.63, 3.8) is 0 Å². The molecule has 0 saturated carbocycles. The molecule has 0 bridgehead atoms. The summed E-state index contributed by atoms with van der Waals surface area (Å²) in [5.41, 5.74) is 0. The Morgan fingerprint density at radius 1 is 0.812 bits per heavy atom. The summed E-state index contributed by atoms with van der Waals surface area (Å²) in [6.45, 7) is 2.77. The lowest BCUT2D eigenvalue weighted by atomic mass is 10.3. The largest absolute Gasteiger partial charge is 0.346 e. The zero-order valence-corrected chi connectivity index (χ0v) is 10.4. The lowest BCUT2D eigenvalue weighted by Crippen LogP contribution is -2.44. The van der Waals surface area contributed by atoms with Crippen molar-refractivity contribution in [2.24, 2.45) is 0 Å². The summed E-state index contributed by atoms with van der Waals surface area (Å²) in [5, 5.41) is 0. The molecule has 2 aliphatic heterocycles. The van der Waals surface area contributed by atoms with Gasteiger partial charge in [0.1, 0.15) is 0 Å². The van der Waals surface area contributed by atoms with Crippen LogP contribution in [0.1, 0.15) is 19.3 Å². The molecule has 5 nitrogen and oxygen atoms in total. The van der Waals surface area contributed by atoms with E-state index in [0.29, 0.717) is 5.91 Å². The number of hydrogen-bond acceptors (Lipinski definition) is 2. The Labute approximate surface area is 97.0 Å². The maximum Gasteiger partial charge on any atom is 0.319 e. The van der Waals surface area contributed by atoms with Crippen LogP contribution < -0.4 is 0 Å². The molecule has 2 fully saturated rings. The molecular weight excluding hydrogens is 206 g/mol. The number of carbonyl (C=O) groups is 2. The van der Waals surface area contributed by atoms with Crippen LogP contribution in [0.5, 0.6) is 0 Å². The third-order valence-electron chi connectivity index (χ3n) is 2.95. The molecule has 0 unspecified atom stereocenters. The highest BCUT2D eigenvalue weighted by Crippen LogP contribution is 2.04. The normalized spacial score (nSPS) is 21.1. The van der Waals surface area contributed by atoms with Crippen LogP contribution in [0.4, 0.5) is 4.79 Å². The van der Waals surface area contributed by atoms with Crippen LogP contribution in [0.2, 0.25) is 0 Å². The fourth-order valence-corrected chi connectivity index (χ4v) is 1.81. The van der Waals surface area contributed by atoms with Gasteiger partial charge in [0.2, 0.25) is 5.91 Å². The highest BCUT2D eigenvalue weighted by molar-refractivity contribution is 5.77. The van der Waals surface area contributed by atoms with Gasteiger partial charge in [-0.25, -0.2) is 4.79 Å². The van der Waals surface area contributed by atoms with Crippen LogP contribution in [0.15, 0.2) is 0 Å². The minimum Gasteiger partial charge on any atom is -0.346 e. The van der Waals surface area contributed by atoms with Crippen molar-refractivity contribution in [1.29, 1.82) is 0 Å². The first-order valence-electron chi connectivity index (χ1n) is 5.72. The van der Waals surface area contributed by atoms with Gasteiger partial charge in [-0.1, -0.05) is 0 Å². The molecular formula is C11H21N3O2. The van der Waals surface area contributed by atoms with E-state index >= 15 is 0 Å². The smallest absolute Gasteiger partial charge is 0.319 e. The lowest BCUT2D eigenvalue weighted by molar-refractivity contribution is -0.126. The van der Waals surface area contributed by atoms with Crippen LogP contribution in [-0.2, 0) is 4.79 Å². The second-order valence-electron chi connectivity index (χ2n) is 4.40. The fourth-order valence-electron chi connectivity index (χ4n) is 1.81. The number of nitrogens with zero attached hydrogens (tertiary/aromatic N) is 3. The predicted octanol–water partition coefficient (Wildman–Crippen LogP) is 0.612. The summed E-state index contributed by atoms with van der Waals surface area (Å²) in [4.78, 5) is 26.7. The summed E-state index contributed by atoms with van der Waals surface area (Å²) in [6.07, 6.45) is 2.91. The second kappa shape index (κ2) is 5.72. The molecule has 2 heterocycles. The van der Waals surface area contributed by atoms with E-state index in [0.717, 1.165) is 38.9 Å². The number of hydrogen-bond donors (Lipinski definition) is 0. The average molecular weight is 227 g/mol. The van der Waals surface area contributed by atoms with Crippen molar-refractivity contribution in [2.75, 3.05) is 40.8 Å². The summed E-state index contributed by atoms with van der Waals surface area (Å²) in [6, 6.07) is 0.140. The van der Waals surface area contributed by atoms with Crippen LogP contribution in [-0.4, -0.2) is 67.4 Å². The van der Waals surface area contributed by atoms with E-state index in [2.05, 4.69) is 0 Å². The minimum absolute atomic E-state index is 0.140. The number of rotatable bonds is 0. The van der Waals surface area contributed by atoms with E-state index in [1.165, 1.54) is 0 Å². The van der Waals surface area contributed by atoms with Crippen LogP contribution >= 0.6 is 0 Å². The quantitative estimate of drug-likeness (QED) is 0.608. The second-order valence-corrected chi connectivity index (χ2v) is 4.40. The van der Waals surface area contributed by atoms with Gasteiger partial charge in [-0.2, -0.15) is 0 Å². The Hall–Kier alpha value is -1.26. The van der Waals surface area contributed by atoms with Gasteiger partial charge < -0.3 is 14.7 Å². The van der Waals surface area contributed by atoms with Gasteiger partial charge in [0, 0.05) is 47.2 Å². The van der Waals surface area contributed by atoms with E-state index in [1.54, 1.807) is 14.7 Å². The van der Waals surface area contributed by atoms with Gasteiger partial charge in [0.05, 0.1) is 0 Å². The topological polar surface area (TPSA) is 43.9 Å². The molecule has 16 heavy (non-hydrogen) atoms. The third-order valence-corrected chi connectivity index (χ3v) is 2.95. The number of carbonyl (C=O) groups excluding carboxylic acids is 2. The van der Waals surface area contributed by atoms with Gasteiger partial charge in [-0.3, -0.25) is 4.79 Å². The zero-order chi connectivity index (χ0) is 12.1.